The van der Waals surface area contributed by atoms with Crippen LogP contribution in [-0.2, 0) is 0 Å². The van der Waals surface area contributed by atoms with Gasteiger partial charge in [-0.15, -0.1) is 0 Å². The van der Waals surface area contributed by atoms with E-state index in [1.165, 1.54) is 0 Å². The second kappa shape index (κ2) is 5.29. The van der Waals surface area contributed by atoms with E-state index in [1.807, 2.05) is 48.5 Å². The summed E-state index contributed by atoms with van der Waals surface area (Å²) in [6, 6.07) is 19.5. The molecule has 0 radical (unpaired) electrons. The third kappa shape index (κ3) is 2.58. The number of hydrogen-bond donors (Lipinski definition) is 1. The van der Waals surface area contributed by atoms with Gasteiger partial charge in [0.05, 0.1) is 7.11 Å². The third-order valence-electron chi connectivity index (χ3n) is 3.53. The van der Waals surface area contributed by atoms with Crippen molar-refractivity contribution in [2.45, 2.75) is 0 Å². The smallest absolute Gasteiger partial charge is 0.248 e. The molecule has 3 rings (SSSR count). The number of benzene rings is 3. The van der Waals surface area contributed by atoms with Crippen LogP contribution in [0.5, 0.6) is 5.75 Å². The highest BCUT2D eigenvalue weighted by atomic mass is 16.5. The summed E-state index contributed by atoms with van der Waals surface area (Å²) < 4.78 is 5.23. The third-order valence-corrected chi connectivity index (χ3v) is 3.53. The maximum Gasteiger partial charge on any atom is 0.248 e. The van der Waals surface area contributed by atoms with Crippen LogP contribution in [0.15, 0.2) is 60.7 Å². The van der Waals surface area contributed by atoms with Gasteiger partial charge in [-0.3, -0.25) is 4.79 Å². The van der Waals surface area contributed by atoms with Gasteiger partial charge in [-0.25, -0.2) is 0 Å². The van der Waals surface area contributed by atoms with Crippen LogP contribution in [0.4, 0.5) is 0 Å². The second-order valence-corrected chi connectivity index (χ2v) is 4.87. The lowest BCUT2D eigenvalue weighted by atomic mass is 9.99. The number of nitrogens with two attached hydrogens (primary N) is 1. The molecule has 0 saturated heterocycles. The van der Waals surface area contributed by atoms with Gasteiger partial charge in [0.2, 0.25) is 5.91 Å². The molecular formula is C18H15NO2. The molecule has 0 fully saturated rings. The van der Waals surface area contributed by atoms with E-state index in [0.717, 1.165) is 27.6 Å². The predicted molar refractivity (Wildman–Crippen MR) is 84.5 cm³/mol. The lowest BCUT2D eigenvalue weighted by molar-refractivity contribution is 0.100. The van der Waals surface area contributed by atoms with Crippen molar-refractivity contribution in [3.05, 3.63) is 66.2 Å². The summed E-state index contributed by atoms with van der Waals surface area (Å²) in [7, 11) is 1.66. The number of rotatable bonds is 3. The minimum atomic E-state index is -0.414. The molecule has 3 aromatic carbocycles. The molecule has 2 N–H and O–H groups in total. The summed E-state index contributed by atoms with van der Waals surface area (Å²) >= 11 is 0. The highest BCUT2D eigenvalue weighted by Gasteiger charge is 2.04. The first kappa shape index (κ1) is 13.2. The standard InChI is InChI=1S/C18H15NO2/c1-21-17-8-7-14-9-13(5-6-15(14)11-17)12-3-2-4-16(10-12)18(19)20/h2-11H,1H3,(H2,19,20). The van der Waals surface area contributed by atoms with Crippen LogP contribution in [0, 0.1) is 0 Å². The van der Waals surface area contributed by atoms with Crippen molar-refractivity contribution in [1.82, 2.24) is 0 Å². The Hall–Kier alpha value is -2.81. The maximum atomic E-state index is 11.3. The minimum absolute atomic E-state index is 0.414. The fourth-order valence-corrected chi connectivity index (χ4v) is 2.38. The Bertz CT molecular complexity index is 824. The summed E-state index contributed by atoms with van der Waals surface area (Å²) in [6.07, 6.45) is 0. The molecule has 104 valence electrons. The molecule has 0 spiro atoms. The fraction of sp³-hybridized carbons (Fsp3) is 0.0556. The Morgan fingerprint density at radius 2 is 1.62 bits per heavy atom. The molecule has 0 saturated carbocycles. The number of carbonyl (C=O) groups is 1. The number of hydrogen-bond acceptors (Lipinski definition) is 2. The van der Waals surface area contributed by atoms with Crippen molar-refractivity contribution in [2.24, 2.45) is 5.73 Å². The maximum absolute atomic E-state index is 11.3. The molecule has 0 heterocycles. The van der Waals surface area contributed by atoms with Crippen LogP contribution in [0.1, 0.15) is 10.4 Å². The molecule has 3 heteroatoms. The van der Waals surface area contributed by atoms with Crippen LogP contribution in [0.3, 0.4) is 0 Å². The summed E-state index contributed by atoms with van der Waals surface area (Å²) in [5.74, 6) is 0.424. The second-order valence-electron chi connectivity index (χ2n) is 4.87. The zero-order chi connectivity index (χ0) is 14.8. The summed E-state index contributed by atoms with van der Waals surface area (Å²) in [5.41, 5.74) is 7.87. The van der Waals surface area contributed by atoms with Crippen LogP contribution in [0.2, 0.25) is 0 Å². The van der Waals surface area contributed by atoms with Crippen molar-refractivity contribution >= 4 is 16.7 Å². The van der Waals surface area contributed by atoms with Crippen LogP contribution >= 0.6 is 0 Å². The number of amides is 1. The van der Waals surface area contributed by atoms with Crippen LogP contribution in [0.25, 0.3) is 21.9 Å². The predicted octanol–water partition coefficient (Wildman–Crippen LogP) is 3.61. The van der Waals surface area contributed by atoms with Gasteiger partial charge in [-0.1, -0.05) is 30.3 Å². The van der Waals surface area contributed by atoms with Gasteiger partial charge >= 0.3 is 0 Å². The van der Waals surface area contributed by atoms with Gasteiger partial charge < -0.3 is 10.5 Å². The van der Waals surface area contributed by atoms with E-state index in [9.17, 15) is 4.79 Å². The Morgan fingerprint density at radius 3 is 2.38 bits per heavy atom. The van der Waals surface area contributed by atoms with Gasteiger partial charge in [0.1, 0.15) is 5.75 Å². The summed E-state index contributed by atoms with van der Waals surface area (Å²) in [4.78, 5) is 11.3. The van der Waals surface area contributed by atoms with E-state index in [0.29, 0.717) is 5.56 Å². The average Bonchev–Trinajstić information content (AvgIpc) is 2.54. The molecule has 0 aliphatic heterocycles. The van der Waals surface area contributed by atoms with Crippen molar-refractivity contribution in [2.75, 3.05) is 7.11 Å². The molecule has 0 atom stereocenters. The number of ether oxygens (including phenoxy) is 1. The molecule has 21 heavy (non-hydrogen) atoms. The largest absolute Gasteiger partial charge is 0.497 e. The molecule has 0 aliphatic carbocycles. The summed E-state index contributed by atoms with van der Waals surface area (Å²) in [5, 5.41) is 2.24. The average molecular weight is 277 g/mol. The normalized spacial score (nSPS) is 10.5. The highest BCUT2D eigenvalue weighted by Crippen LogP contribution is 2.27. The SMILES string of the molecule is COc1ccc2cc(-c3cccc(C(N)=O)c3)ccc2c1. The number of carbonyl (C=O) groups excluding carboxylic acids is 1. The first-order valence-corrected chi connectivity index (χ1v) is 6.65. The van der Waals surface area contributed by atoms with E-state index in [2.05, 4.69) is 6.07 Å². The molecule has 3 aromatic rings. The van der Waals surface area contributed by atoms with Gasteiger partial charge in [0, 0.05) is 5.56 Å². The van der Waals surface area contributed by atoms with Crippen LogP contribution < -0.4 is 10.5 Å². The Morgan fingerprint density at radius 1 is 0.905 bits per heavy atom. The lowest BCUT2D eigenvalue weighted by Crippen LogP contribution is -2.10. The topological polar surface area (TPSA) is 52.3 Å². The zero-order valence-electron chi connectivity index (χ0n) is 11.7. The van der Waals surface area contributed by atoms with Gasteiger partial charge in [-0.2, -0.15) is 0 Å². The van der Waals surface area contributed by atoms with Gasteiger partial charge in [0.25, 0.3) is 0 Å². The zero-order valence-corrected chi connectivity index (χ0v) is 11.7. The lowest BCUT2D eigenvalue weighted by Gasteiger charge is -2.07. The molecular weight excluding hydrogens is 262 g/mol. The Kier molecular flexibility index (Phi) is 3.32. The minimum Gasteiger partial charge on any atom is -0.497 e. The molecule has 0 unspecified atom stereocenters. The van der Waals surface area contributed by atoms with E-state index in [4.69, 9.17) is 10.5 Å². The van der Waals surface area contributed by atoms with E-state index in [-0.39, 0.29) is 0 Å². The van der Waals surface area contributed by atoms with Crippen molar-refractivity contribution in [1.29, 1.82) is 0 Å². The Labute approximate surface area is 123 Å². The van der Waals surface area contributed by atoms with Crippen LogP contribution in [-0.4, -0.2) is 13.0 Å². The molecule has 3 nitrogen and oxygen atoms in total. The summed E-state index contributed by atoms with van der Waals surface area (Å²) in [6.45, 7) is 0. The van der Waals surface area contributed by atoms with Crippen molar-refractivity contribution in [3.8, 4) is 16.9 Å². The number of methoxy groups -OCH3 is 1. The number of fused-ring (bicyclic) bond motifs is 1. The van der Waals surface area contributed by atoms with E-state index in [1.54, 1.807) is 13.2 Å². The molecule has 1 amide bonds. The monoisotopic (exact) mass is 277 g/mol. The number of primary amides is 1. The van der Waals surface area contributed by atoms with E-state index < -0.39 is 5.91 Å². The first-order chi connectivity index (χ1) is 10.2. The van der Waals surface area contributed by atoms with Gasteiger partial charge in [-0.05, 0) is 52.2 Å². The highest BCUT2D eigenvalue weighted by molar-refractivity contribution is 5.95. The van der Waals surface area contributed by atoms with Crippen molar-refractivity contribution < 1.29 is 9.53 Å². The van der Waals surface area contributed by atoms with E-state index >= 15 is 0 Å². The molecule has 0 aromatic heterocycles. The Balaban J connectivity index is 2.08. The molecule has 0 bridgehead atoms. The first-order valence-electron chi connectivity index (χ1n) is 6.65. The van der Waals surface area contributed by atoms with Crippen molar-refractivity contribution in [3.63, 3.8) is 0 Å². The van der Waals surface area contributed by atoms with Gasteiger partial charge in [0.15, 0.2) is 0 Å². The fourth-order valence-electron chi connectivity index (χ4n) is 2.38. The molecule has 0 aliphatic rings. The quantitative estimate of drug-likeness (QED) is 0.795.